The van der Waals surface area contributed by atoms with Crippen molar-refractivity contribution in [2.24, 2.45) is 5.92 Å². The second-order valence-electron chi connectivity index (χ2n) is 7.34. The lowest BCUT2D eigenvalue weighted by Gasteiger charge is -2.25. The van der Waals surface area contributed by atoms with Crippen LogP contribution >= 0.6 is 11.6 Å². The largest absolute Gasteiger partial charge is 0.492 e. The average Bonchev–Trinajstić information content (AvgIpc) is 3.25. The minimum atomic E-state index is -0.357. The van der Waals surface area contributed by atoms with Crippen LogP contribution < -0.4 is 15.4 Å². The van der Waals surface area contributed by atoms with Crippen molar-refractivity contribution < 1.29 is 19.1 Å². The number of fused-ring (bicyclic) bond motifs is 1. The number of rotatable bonds is 5. The van der Waals surface area contributed by atoms with Crippen LogP contribution in [0.1, 0.15) is 28.8 Å². The van der Waals surface area contributed by atoms with Gasteiger partial charge in [0.2, 0.25) is 5.91 Å². The monoisotopic (exact) mass is 414 g/mol. The maximum absolute atomic E-state index is 12.8. The number of anilines is 1. The van der Waals surface area contributed by atoms with Gasteiger partial charge in [-0.3, -0.25) is 9.59 Å². The summed E-state index contributed by atoms with van der Waals surface area (Å²) in [5.74, 6) is -0.0141. The molecule has 0 saturated carbocycles. The molecule has 0 aromatic heterocycles. The molecule has 2 amide bonds. The van der Waals surface area contributed by atoms with E-state index in [0.717, 1.165) is 30.8 Å². The molecule has 2 N–H and O–H groups in total. The van der Waals surface area contributed by atoms with Crippen molar-refractivity contribution in [2.45, 2.75) is 25.4 Å². The number of ether oxygens (including phenoxy) is 2. The molecule has 2 aliphatic rings. The molecule has 0 radical (unpaired) electrons. The molecule has 0 bridgehead atoms. The van der Waals surface area contributed by atoms with Crippen LogP contribution in [0.3, 0.4) is 0 Å². The third-order valence-electron chi connectivity index (χ3n) is 5.24. The average molecular weight is 415 g/mol. The van der Waals surface area contributed by atoms with Crippen molar-refractivity contribution in [1.29, 1.82) is 0 Å². The van der Waals surface area contributed by atoms with E-state index in [1.165, 1.54) is 0 Å². The van der Waals surface area contributed by atoms with E-state index < -0.39 is 0 Å². The van der Waals surface area contributed by atoms with Gasteiger partial charge in [0.1, 0.15) is 12.4 Å². The summed E-state index contributed by atoms with van der Waals surface area (Å²) >= 11 is 6.06. The number of para-hydroxylation sites is 1. The van der Waals surface area contributed by atoms with E-state index >= 15 is 0 Å². The van der Waals surface area contributed by atoms with Gasteiger partial charge in [0.15, 0.2) is 0 Å². The summed E-state index contributed by atoms with van der Waals surface area (Å²) in [5.41, 5.74) is 1.82. The van der Waals surface area contributed by atoms with E-state index in [4.69, 9.17) is 21.1 Å². The normalized spacial score (nSPS) is 20.4. The molecule has 2 aromatic rings. The topological polar surface area (TPSA) is 76.7 Å². The standard InChI is InChI=1S/C22H23ClN2O4/c23-16-7-8-20-14(11-16)10-15(13-29-20)21(26)25-19-6-2-1-5-18(19)22(27)24-12-17-4-3-9-28-17/h1-2,5-8,11,15,17H,3-4,9-10,12-13H2,(H,24,27)(H,25,26). The minimum absolute atomic E-state index is 0.0620. The van der Waals surface area contributed by atoms with Crippen LogP contribution in [0, 0.1) is 5.92 Å². The first-order chi connectivity index (χ1) is 14.1. The maximum Gasteiger partial charge on any atom is 0.253 e. The van der Waals surface area contributed by atoms with E-state index in [-0.39, 0.29) is 30.4 Å². The van der Waals surface area contributed by atoms with Crippen LogP contribution in [0.25, 0.3) is 0 Å². The molecule has 0 spiro atoms. The molecule has 2 aliphatic heterocycles. The van der Waals surface area contributed by atoms with Gasteiger partial charge < -0.3 is 20.1 Å². The molecule has 2 unspecified atom stereocenters. The molecule has 29 heavy (non-hydrogen) atoms. The summed E-state index contributed by atoms with van der Waals surface area (Å²) in [6.07, 6.45) is 2.57. The molecule has 6 nitrogen and oxygen atoms in total. The van der Waals surface area contributed by atoms with Crippen LogP contribution in [0.15, 0.2) is 42.5 Å². The fraction of sp³-hybridized carbons (Fsp3) is 0.364. The number of halogens is 1. The Labute approximate surface area is 174 Å². The molecular formula is C22H23ClN2O4. The Bertz CT molecular complexity index is 911. The predicted octanol–water partition coefficient (Wildman–Crippen LogP) is 3.44. The van der Waals surface area contributed by atoms with Gasteiger partial charge in [-0.15, -0.1) is 0 Å². The second kappa shape index (κ2) is 8.84. The first-order valence-electron chi connectivity index (χ1n) is 9.81. The molecule has 2 heterocycles. The second-order valence-corrected chi connectivity index (χ2v) is 7.78. The van der Waals surface area contributed by atoms with Crippen LogP contribution in [-0.2, 0) is 16.0 Å². The van der Waals surface area contributed by atoms with Crippen molar-refractivity contribution >= 4 is 29.1 Å². The molecule has 7 heteroatoms. The molecule has 4 rings (SSSR count). The summed E-state index contributed by atoms with van der Waals surface area (Å²) in [5, 5.41) is 6.40. The third-order valence-corrected chi connectivity index (χ3v) is 5.48. The highest BCUT2D eigenvalue weighted by Crippen LogP contribution is 2.30. The molecule has 0 aliphatic carbocycles. The third kappa shape index (κ3) is 4.71. The highest BCUT2D eigenvalue weighted by Gasteiger charge is 2.27. The van der Waals surface area contributed by atoms with Crippen LogP contribution in [0.5, 0.6) is 5.75 Å². The molecular weight excluding hydrogens is 392 g/mol. The van der Waals surface area contributed by atoms with Gasteiger partial charge in [-0.25, -0.2) is 0 Å². The number of hydrogen-bond donors (Lipinski definition) is 2. The van der Waals surface area contributed by atoms with Crippen molar-refractivity contribution in [2.75, 3.05) is 25.1 Å². The number of carbonyl (C=O) groups is 2. The van der Waals surface area contributed by atoms with Crippen molar-refractivity contribution in [1.82, 2.24) is 5.32 Å². The van der Waals surface area contributed by atoms with Gasteiger partial charge in [0.25, 0.3) is 5.91 Å². The SMILES string of the molecule is O=C(NCC1CCCO1)c1ccccc1NC(=O)C1COc2ccc(Cl)cc2C1. The zero-order valence-corrected chi connectivity index (χ0v) is 16.7. The summed E-state index contributed by atoms with van der Waals surface area (Å²) in [6, 6.07) is 12.4. The Morgan fingerprint density at radius 1 is 1.17 bits per heavy atom. The van der Waals surface area contributed by atoms with E-state index in [1.807, 2.05) is 12.1 Å². The number of carbonyl (C=O) groups excluding carboxylic acids is 2. The van der Waals surface area contributed by atoms with Gasteiger partial charge in [0, 0.05) is 18.2 Å². The van der Waals surface area contributed by atoms with E-state index in [2.05, 4.69) is 10.6 Å². The van der Waals surface area contributed by atoms with Crippen molar-refractivity contribution in [3.63, 3.8) is 0 Å². The molecule has 152 valence electrons. The summed E-state index contributed by atoms with van der Waals surface area (Å²) < 4.78 is 11.3. The molecule has 1 fully saturated rings. The highest BCUT2D eigenvalue weighted by atomic mass is 35.5. The van der Waals surface area contributed by atoms with Crippen LogP contribution in [0.4, 0.5) is 5.69 Å². The quantitative estimate of drug-likeness (QED) is 0.785. The minimum Gasteiger partial charge on any atom is -0.492 e. The number of hydrogen-bond acceptors (Lipinski definition) is 4. The maximum atomic E-state index is 12.8. The zero-order chi connectivity index (χ0) is 20.2. The van der Waals surface area contributed by atoms with Gasteiger partial charge >= 0.3 is 0 Å². The Hall–Kier alpha value is -2.57. The van der Waals surface area contributed by atoms with E-state index in [9.17, 15) is 9.59 Å². The van der Waals surface area contributed by atoms with Gasteiger partial charge in [-0.1, -0.05) is 23.7 Å². The predicted molar refractivity (Wildman–Crippen MR) is 111 cm³/mol. The smallest absolute Gasteiger partial charge is 0.253 e. The summed E-state index contributed by atoms with van der Waals surface area (Å²) in [7, 11) is 0. The number of nitrogens with one attached hydrogen (secondary N) is 2. The Kier molecular flexibility index (Phi) is 6.02. The lowest BCUT2D eigenvalue weighted by Crippen LogP contribution is -2.34. The first-order valence-corrected chi connectivity index (χ1v) is 10.2. The van der Waals surface area contributed by atoms with E-state index in [0.29, 0.717) is 29.2 Å². The van der Waals surface area contributed by atoms with Gasteiger partial charge in [-0.2, -0.15) is 0 Å². The summed E-state index contributed by atoms with van der Waals surface area (Å²) in [6.45, 7) is 1.49. The molecule has 2 aromatic carbocycles. The Morgan fingerprint density at radius 2 is 2.03 bits per heavy atom. The number of amides is 2. The molecule has 1 saturated heterocycles. The Balaban J connectivity index is 1.41. The lowest BCUT2D eigenvalue weighted by molar-refractivity contribution is -0.121. The Morgan fingerprint density at radius 3 is 2.86 bits per heavy atom. The van der Waals surface area contributed by atoms with Crippen LogP contribution in [0.2, 0.25) is 5.02 Å². The first kappa shape index (κ1) is 19.7. The van der Waals surface area contributed by atoms with Crippen LogP contribution in [-0.4, -0.2) is 37.7 Å². The van der Waals surface area contributed by atoms with Crippen molar-refractivity contribution in [3.05, 3.63) is 58.6 Å². The molecule has 2 atom stereocenters. The van der Waals surface area contributed by atoms with E-state index in [1.54, 1.807) is 30.3 Å². The lowest BCUT2D eigenvalue weighted by atomic mass is 9.96. The fourth-order valence-corrected chi connectivity index (χ4v) is 3.86. The van der Waals surface area contributed by atoms with Gasteiger partial charge in [0.05, 0.1) is 23.3 Å². The van der Waals surface area contributed by atoms with Gasteiger partial charge in [-0.05, 0) is 55.2 Å². The highest BCUT2D eigenvalue weighted by molar-refractivity contribution is 6.30. The van der Waals surface area contributed by atoms with Crippen molar-refractivity contribution in [3.8, 4) is 5.75 Å². The zero-order valence-electron chi connectivity index (χ0n) is 15.9. The summed E-state index contributed by atoms with van der Waals surface area (Å²) in [4.78, 5) is 25.5. The fourth-order valence-electron chi connectivity index (χ4n) is 3.66. The number of benzene rings is 2.